The number of aliphatic imine (C=N–C) groups is 1. The molecule has 0 aliphatic carbocycles. The van der Waals surface area contributed by atoms with Crippen molar-refractivity contribution in [3.8, 4) is 0 Å². The number of anilines is 1. The molecule has 1 unspecified atom stereocenters. The van der Waals surface area contributed by atoms with Crippen LogP contribution in [0.15, 0.2) is 47.6 Å². The molecule has 3 rings (SSSR count). The highest BCUT2D eigenvalue weighted by atomic mass is 35.5. The van der Waals surface area contributed by atoms with Crippen LogP contribution in [0.1, 0.15) is 18.7 Å². The summed E-state index contributed by atoms with van der Waals surface area (Å²) >= 11 is 12.4. The Hall–Kier alpha value is -1.24. The van der Waals surface area contributed by atoms with E-state index in [0.29, 0.717) is 34.8 Å². The fourth-order valence-corrected chi connectivity index (χ4v) is 2.72. The maximum absolute atomic E-state index is 6.19. The van der Waals surface area contributed by atoms with Gasteiger partial charge in [-0.05, 0) is 31.2 Å². The van der Waals surface area contributed by atoms with Crippen LogP contribution in [-0.4, -0.2) is 29.1 Å². The first-order chi connectivity index (χ1) is 11.1. The van der Waals surface area contributed by atoms with Crippen molar-refractivity contribution in [2.24, 2.45) is 4.99 Å². The fourth-order valence-electron chi connectivity index (χ4n) is 2.23. The van der Waals surface area contributed by atoms with Gasteiger partial charge in [-0.3, -0.25) is 9.82 Å². The minimum absolute atomic E-state index is 0. The molecule has 1 aliphatic rings. The first-order valence-corrected chi connectivity index (χ1v) is 8.01. The van der Waals surface area contributed by atoms with Crippen LogP contribution in [0.25, 0.3) is 0 Å². The lowest BCUT2D eigenvalue weighted by Crippen LogP contribution is -2.34. The smallest absolute Gasteiger partial charge is 0.223 e. The van der Waals surface area contributed by atoms with E-state index >= 15 is 0 Å². The van der Waals surface area contributed by atoms with E-state index < -0.39 is 0 Å². The second-order valence-corrected chi connectivity index (χ2v) is 5.85. The Morgan fingerprint density at radius 1 is 1.12 bits per heavy atom. The quantitative estimate of drug-likeness (QED) is 0.750. The van der Waals surface area contributed by atoms with Gasteiger partial charge in [0.2, 0.25) is 5.96 Å². The first kappa shape index (κ1) is 21.8. The Kier molecular flexibility index (Phi) is 8.76. The molecule has 0 spiro atoms. The van der Waals surface area contributed by atoms with E-state index in [-0.39, 0.29) is 30.9 Å². The van der Waals surface area contributed by atoms with Gasteiger partial charge in [-0.2, -0.15) is 0 Å². The summed E-state index contributed by atoms with van der Waals surface area (Å²) in [5, 5.41) is 5.92. The molecule has 9 heteroatoms. The van der Waals surface area contributed by atoms with Gasteiger partial charge in [-0.15, -0.1) is 24.8 Å². The molecule has 0 saturated carbocycles. The Labute approximate surface area is 169 Å². The molecular formula is C16H18Cl4N4O. The summed E-state index contributed by atoms with van der Waals surface area (Å²) < 4.78 is 0. The Morgan fingerprint density at radius 2 is 1.84 bits per heavy atom. The first-order valence-electron chi connectivity index (χ1n) is 7.26. The number of benzene rings is 1. The summed E-state index contributed by atoms with van der Waals surface area (Å²) in [5.41, 5.74) is 1.48. The van der Waals surface area contributed by atoms with Crippen LogP contribution in [0, 0.1) is 0 Å². The summed E-state index contributed by atoms with van der Waals surface area (Å²) in [6.07, 6.45) is 1.55. The molecule has 1 atom stereocenters. The Morgan fingerprint density at radius 3 is 2.48 bits per heavy atom. The zero-order valence-electron chi connectivity index (χ0n) is 13.4. The molecule has 1 N–H and O–H groups in total. The third-order valence-electron chi connectivity index (χ3n) is 3.39. The lowest BCUT2D eigenvalue weighted by Gasteiger charge is -2.24. The molecule has 0 amide bonds. The molecule has 0 radical (unpaired) electrons. The van der Waals surface area contributed by atoms with Gasteiger partial charge in [0.05, 0.1) is 34.5 Å². The monoisotopic (exact) mass is 422 g/mol. The molecule has 1 aliphatic heterocycles. The van der Waals surface area contributed by atoms with E-state index in [4.69, 9.17) is 28.0 Å². The van der Waals surface area contributed by atoms with E-state index in [9.17, 15) is 0 Å². The predicted molar refractivity (Wildman–Crippen MR) is 107 cm³/mol. The van der Waals surface area contributed by atoms with Gasteiger partial charge < -0.3 is 5.32 Å². The van der Waals surface area contributed by atoms with E-state index in [1.54, 1.807) is 29.5 Å². The predicted octanol–water partition coefficient (Wildman–Crippen LogP) is 5.01. The molecule has 1 aromatic heterocycles. The maximum Gasteiger partial charge on any atom is 0.223 e. The van der Waals surface area contributed by atoms with Gasteiger partial charge >= 0.3 is 0 Å². The van der Waals surface area contributed by atoms with E-state index in [1.165, 1.54) is 0 Å². The number of hydroxylamine groups is 2. The molecule has 2 heterocycles. The Bertz CT molecular complexity index is 694. The maximum atomic E-state index is 6.19. The number of hydrogen-bond donors (Lipinski definition) is 1. The highest BCUT2D eigenvalue weighted by Crippen LogP contribution is 2.30. The summed E-state index contributed by atoms with van der Waals surface area (Å²) in [4.78, 5) is 14.7. The van der Waals surface area contributed by atoms with Gasteiger partial charge in [0, 0.05) is 6.20 Å². The van der Waals surface area contributed by atoms with Crippen LogP contribution in [0.4, 0.5) is 5.69 Å². The number of para-hydroxylation sites is 1. The average Bonchev–Trinajstić information content (AvgIpc) is 2.99. The number of rotatable bonds is 4. The van der Waals surface area contributed by atoms with Crippen LogP contribution in [0.3, 0.4) is 0 Å². The van der Waals surface area contributed by atoms with E-state index in [0.717, 1.165) is 5.69 Å². The summed E-state index contributed by atoms with van der Waals surface area (Å²) in [5.74, 6) is 0.586. The molecule has 0 bridgehead atoms. The van der Waals surface area contributed by atoms with Crippen LogP contribution < -0.4 is 5.32 Å². The highest BCUT2D eigenvalue weighted by Gasteiger charge is 2.23. The number of nitrogens with one attached hydrogen (secondary N) is 1. The number of nitrogens with zero attached hydrogens (tertiary/aromatic N) is 3. The van der Waals surface area contributed by atoms with Gasteiger partial charge in [-0.1, -0.05) is 35.3 Å². The number of pyridine rings is 1. The van der Waals surface area contributed by atoms with E-state index in [2.05, 4.69) is 15.3 Å². The standard InChI is InChI=1S/C16H16Cl2N4O.2ClH/c1-11(14-7-2-3-8-19-14)23-22-10-9-20-16(22)21-15-12(17)5-4-6-13(15)18;;/h2-8,11H,9-10H2,1H3,(H,20,21);2*1H. The van der Waals surface area contributed by atoms with Crippen molar-refractivity contribution < 1.29 is 4.84 Å². The second kappa shape index (κ2) is 10.0. The second-order valence-electron chi connectivity index (χ2n) is 5.03. The molecule has 1 aromatic carbocycles. The third kappa shape index (κ3) is 5.36. The van der Waals surface area contributed by atoms with Crippen LogP contribution in [0.2, 0.25) is 10.0 Å². The minimum Gasteiger partial charge on any atom is -0.322 e. The number of aromatic nitrogens is 1. The van der Waals surface area contributed by atoms with Gasteiger partial charge in [0.25, 0.3) is 0 Å². The topological polar surface area (TPSA) is 49.8 Å². The normalized spacial score (nSPS) is 14.2. The van der Waals surface area contributed by atoms with Crippen LogP contribution in [-0.2, 0) is 4.84 Å². The average molecular weight is 424 g/mol. The zero-order valence-corrected chi connectivity index (χ0v) is 16.5. The number of hydrogen-bond acceptors (Lipinski definition) is 5. The Balaban J connectivity index is 0.00000156. The number of halogens is 4. The van der Waals surface area contributed by atoms with Crippen LogP contribution in [0.5, 0.6) is 0 Å². The van der Waals surface area contributed by atoms with Gasteiger partial charge in [-0.25, -0.2) is 10.1 Å². The van der Waals surface area contributed by atoms with Crippen molar-refractivity contribution in [2.75, 3.05) is 18.4 Å². The third-order valence-corrected chi connectivity index (χ3v) is 4.02. The van der Waals surface area contributed by atoms with Crippen molar-refractivity contribution >= 4 is 59.7 Å². The molecule has 5 nitrogen and oxygen atoms in total. The highest BCUT2D eigenvalue weighted by molar-refractivity contribution is 6.39. The largest absolute Gasteiger partial charge is 0.322 e. The minimum atomic E-state index is -0.192. The van der Waals surface area contributed by atoms with Gasteiger partial charge in [0.1, 0.15) is 6.10 Å². The fraction of sp³-hybridized carbons (Fsp3) is 0.250. The lowest BCUT2D eigenvalue weighted by molar-refractivity contribution is -0.136. The molecule has 2 aromatic rings. The van der Waals surface area contributed by atoms with Crippen molar-refractivity contribution in [2.45, 2.75) is 13.0 Å². The summed E-state index contributed by atoms with van der Waals surface area (Å²) in [6.45, 7) is 3.24. The molecule has 25 heavy (non-hydrogen) atoms. The summed E-state index contributed by atoms with van der Waals surface area (Å²) in [7, 11) is 0. The van der Waals surface area contributed by atoms with Crippen molar-refractivity contribution in [3.05, 3.63) is 58.3 Å². The van der Waals surface area contributed by atoms with Crippen molar-refractivity contribution in [1.29, 1.82) is 0 Å². The van der Waals surface area contributed by atoms with Crippen LogP contribution >= 0.6 is 48.0 Å². The van der Waals surface area contributed by atoms with Crippen molar-refractivity contribution in [3.63, 3.8) is 0 Å². The van der Waals surface area contributed by atoms with Gasteiger partial charge in [0.15, 0.2) is 0 Å². The zero-order chi connectivity index (χ0) is 16.2. The lowest BCUT2D eigenvalue weighted by atomic mass is 10.2. The number of guanidine groups is 1. The molecule has 0 saturated heterocycles. The summed E-state index contributed by atoms with van der Waals surface area (Å²) in [6, 6.07) is 11.1. The molecule has 0 fully saturated rings. The SMILES string of the molecule is CC(ON1CCN=C1Nc1c(Cl)cccc1Cl)c1ccccn1.Cl.Cl. The molecular weight excluding hydrogens is 406 g/mol. The molecule has 136 valence electrons. The van der Waals surface area contributed by atoms with Crippen molar-refractivity contribution in [1.82, 2.24) is 10.0 Å². The van der Waals surface area contributed by atoms with E-state index in [1.807, 2.05) is 25.1 Å².